The maximum atomic E-state index is 5.44. The fourth-order valence-corrected chi connectivity index (χ4v) is 3.36. The Hall–Kier alpha value is -1.20. The number of hydrogen-bond donors (Lipinski definition) is 1. The standard InChI is InChI=1S/C18H30N4O/c1-18(2,3)17-19-9-4-16(21-17)22-10-5-14(6-11-22)20-15-7-12-23-13-8-15/h4,9,14-15,20H,5-8,10-13H2,1-3H3. The zero-order valence-corrected chi connectivity index (χ0v) is 14.7. The van der Waals surface area contributed by atoms with Crippen LogP contribution in [0.3, 0.4) is 0 Å². The van der Waals surface area contributed by atoms with E-state index in [2.05, 4.69) is 36.0 Å². The lowest BCUT2D eigenvalue weighted by molar-refractivity contribution is 0.0738. The molecule has 0 atom stereocenters. The highest BCUT2D eigenvalue weighted by Gasteiger charge is 2.24. The van der Waals surface area contributed by atoms with Crippen LogP contribution in [0.15, 0.2) is 12.3 Å². The first-order valence-corrected chi connectivity index (χ1v) is 8.94. The molecule has 1 aromatic heterocycles. The van der Waals surface area contributed by atoms with Crippen molar-refractivity contribution in [2.75, 3.05) is 31.2 Å². The lowest BCUT2D eigenvalue weighted by Gasteiger charge is -2.36. The topological polar surface area (TPSA) is 50.3 Å². The number of piperidine rings is 1. The first kappa shape index (κ1) is 16.7. The molecule has 5 nitrogen and oxygen atoms in total. The maximum absolute atomic E-state index is 5.44. The molecule has 3 heterocycles. The van der Waals surface area contributed by atoms with Crippen molar-refractivity contribution in [3.63, 3.8) is 0 Å². The van der Waals surface area contributed by atoms with Gasteiger partial charge in [-0.1, -0.05) is 20.8 Å². The quantitative estimate of drug-likeness (QED) is 0.928. The number of rotatable bonds is 3. The van der Waals surface area contributed by atoms with Crippen molar-refractivity contribution in [3.05, 3.63) is 18.1 Å². The van der Waals surface area contributed by atoms with Gasteiger partial charge in [0.25, 0.3) is 0 Å². The summed E-state index contributed by atoms with van der Waals surface area (Å²) >= 11 is 0. The molecule has 2 aliphatic heterocycles. The molecule has 128 valence electrons. The molecule has 0 saturated carbocycles. The molecule has 3 rings (SSSR count). The van der Waals surface area contributed by atoms with E-state index >= 15 is 0 Å². The Labute approximate surface area is 139 Å². The molecular formula is C18H30N4O. The summed E-state index contributed by atoms with van der Waals surface area (Å²) in [5.74, 6) is 2.01. The van der Waals surface area contributed by atoms with Crippen LogP contribution in [0.5, 0.6) is 0 Å². The van der Waals surface area contributed by atoms with Crippen molar-refractivity contribution in [2.24, 2.45) is 0 Å². The second-order valence-corrected chi connectivity index (χ2v) is 7.80. The summed E-state index contributed by atoms with van der Waals surface area (Å²) in [5, 5.41) is 3.83. The molecule has 0 bridgehead atoms. The number of ether oxygens (including phenoxy) is 1. The summed E-state index contributed by atoms with van der Waals surface area (Å²) in [7, 11) is 0. The van der Waals surface area contributed by atoms with E-state index in [4.69, 9.17) is 9.72 Å². The van der Waals surface area contributed by atoms with Crippen LogP contribution < -0.4 is 10.2 Å². The summed E-state index contributed by atoms with van der Waals surface area (Å²) in [6, 6.07) is 3.33. The highest BCUT2D eigenvalue weighted by Crippen LogP contribution is 2.23. The van der Waals surface area contributed by atoms with Gasteiger partial charge in [0.2, 0.25) is 0 Å². The highest BCUT2D eigenvalue weighted by molar-refractivity contribution is 5.38. The Balaban J connectivity index is 1.54. The minimum absolute atomic E-state index is 0.00105. The highest BCUT2D eigenvalue weighted by atomic mass is 16.5. The van der Waals surface area contributed by atoms with Crippen LogP contribution >= 0.6 is 0 Å². The lowest BCUT2D eigenvalue weighted by atomic mass is 9.96. The minimum Gasteiger partial charge on any atom is -0.381 e. The zero-order valence-electron chi connectivity index (χ0n) is 14.7. The number of anilines is 1. The van der Waals surface area contributed by atoms with Crippen molar-refractivity contribution in [1.82, 2.24) is 15.3 Å². The van der Waals surface area contributed by atoms with Crippen LogP contribution in [0.4, 0.5) is 5.82 Å². The van der Waals surface area contributed by atoms with Crippen LogP contribution in [0.25, 0.3) is 0 Å². The maximum Gasteiger partial charge on any atom is 0.135 e. The molecule has 0 aliphatic carbocycles. The van der Waals surface area contributed by atoms with E-state index in [9.17, 15) is 0 Å². The van der Waals surface area contributed by atoms with Gasteiger partial charge >= 0.3 is 0 Å². The number of hydrogen-bond acceptors (Lipinski definition) is 5. The van der Waals surface area contributed by atoms with Gasteiger partial charge in [-0.05, 0) is 31.7 Å². The van der Waals surface area contributed by atoms with Crippen molar-refractivity contribution < 1.29 is 4.74 Å². The summed E-state index contributed by atoms with van der Waals surface area (Å²) in [4.78, 5) is 11.6. The third-order valence-corrected chi connectivity index (χ3v) is 4.82. The molecule has 0 aromatic carbocycles. The van der Waals surface area contributed by atoms with E-state index in [0.717, 1.165) is 50.8 Å². The molecule has 1 aromatic rings. The van der Waals surface area contributed by atoms with E-state index in [1.54, 1.807) is 0 Å². The Bertz CT molecular complexity index is 500. The molecule has 0 unspecified atom stereocenters. The third-order valence-electron chi connectivity index (χ3n) is 4.82. The van der Waals surface area contributed by atoms with Crippen LogP contribution in [-0.4, -0.2) is 48.4 Å². The van der Waals surface area contributed by atoms with Gasteiger partial charge in [-0.25, -0.2) is 9.97 Å². The van der Waals surface area contributed by atoms with Gasteiger partial charge in [-0.15, -0.1) is 0 Å². The summed E-state index contributed by atoms with van der Waals surface area (Å²) < 4.78 is 5.44. The summed E-state index contributed by atoms with van der Waals surface area (Å²) in [6.45, 7) is 10.4. The summed E-state index contributed by atoms with van der Waals surface area (Å²) in [6.07, 6.45) is 6.58. The second kappa shape index (κ2) is 7.14. The molecule has 5 heteroatoms. The molecule has 0 amide bonds. The molecule has 23 heavy (non-hydrogen) atoms. The third kappa shape index (κ3) is 4.42. The SMILES string of the molecule is CC(C)(C)c1nccc(N2CCC(NC3CCOCC3)CC2)n1. The Morgan fingerprint density at radius 2 is 1.74 bits per heavy atom. The Kier molecular flexibility index (Phi) is 5.17. The van der Waals surface area contributed by atoms with E-state index in [1.165, 1.54) is 12.8 Å². The van der Waals surface area contributed by atoms with E-state index in [0.29, 0.717) is 12.1 Å². The van der Waals surface area contributed by atoms with Gasteiger partial charge in [-0.3, -0.25) is 0 Å². The molecule has 2 aliphatic rings. The Morgan fingerprint density at radius 1 is 1.09 bits per heavy atom. The molecule has 0 radical (unpaired) electrons. The van der Waals surface area contributed by atoms with E-state index < -0.39 is 0 Å². The van der Waals surface area contributed by atoms with E-state index in [-0.39, 0.29) is 5.41 Å². The number of nitrogens with zero attached hydrogens (tertiary/aromatic N) is 3. The van der Waals surface area contributed by atoms with Gasteiger partial charge in [0.1, 0.15) is 11.6 Å². The average Bonchev–Trinajstić information content (AvgIpc) is 2.56. The molecular weight excluding hydrogens is 288 g/mol. The van der Waals surface area contributed by atoms with Crippen molar-refractivity contribution in [3.8, 4) is 0 Å². The molecule has 0 spiro atoms. The largest absolute Gasteiger partial charge is 0.381 e. The van der Waals surface area contributed by atoms with Crippen LogP contribution in [-0.2, 0) is 10.2 Å². The molecule has 2 saturated heterocycles. The molecule has 1 N–H and O–H groups in total. The monoisotopic (exact) mass is 318 g/mol. The van der Waals surface area contributed by atoms with Crippen LogP contribution in [0.2, 0.25) is 0 Å². The Morgan fingerprint density at radius 3 is 2.39 bits per heavy atom. The number of nitrogens with one attached hydrogen (secondary N) is 1. The lowest BCUT2D eigenvalue weighted by Crippen LogP contribution is -2.48. The fourth-order valence-electron chi connectivity index (χ4n) is 3.36. The van der Waals surface area contributed by atoms with Crippen LogP contribution in [0.1, 0.15) is 52.3 Å². The normalized spacial score (nSPS) is 21.6. The minimum atomic E-state index is -0.00105. The van der Waals surface area contributed by atoms with Crippen molar-refractivity contribution in [1.29, 1.82) is 0 Å². The number of aromatic nitrogens is 2. The summed E-state index contributed by atoms with van der Waals surface area (Å²) in [5.41, 5.74) is -0.00105. The zero-order chi connectivity index (χ0) is 16.3. The second-order valence-electron chi connectivity index (χ2n) is 7.80. The first-order chi connectivity index (χ1) is 11.0. The van der Waals surface area contributed by atoms with Crippen LogP contribution in [0, 0.1) is 0 Å². The first-order valence-electron chi connectivity index (χ1n) is 8.94. The van der Waals surface area contributed by atoms with Crippen molar-refractivity contribution >= 4 is 5.82 Å². The average molecular weight is 318 g/mol. The smallest absolute Gasteiger partial charge is 0.135 e. The van der Waals surface area contributed by atoms with E-state index in [1.807, 2.05) is 12.3 Å². The van der Waals surface area contributed by atoms with Gasteiger partial charge < -0.3 is 15.0 Å². The predicted molar refractivity (Wildman–Crippen MR) is 92.9 cm³/mol. The van der Waals surface area contributed by atoms with Gasteiger partial charge in [0.15, 0.2) is 0 Å². The van der Waals surface area contributed by atoms with Gasteiger partial charge in [-0.2, -0.15) is 0 Å². The fraction of sp³-hybridized carbons (Fsp3) is 0.778. The van der Waals surface area contributed by atoms with Gasteiger partial charge in [0, 0.05) is 50.0 Å². The predicted octanol–water partition coefficient (Wildman–Crippen LogP) is 2.51. The molecule has 2 fully saturated rings. The van der Waals surface area contributed by atoms with Crippen molar-refractivity contribution in [2.45, 2.75) is 64.0 Å². The van der Waals surface area contributed by atoms with Gasteiger partial charge in [0.05, 0.1) is 0 Å².